The number of nitrogens with one attached hydrogen (secondary N) is 1. The van der Waals surface area contributed by atoms with E-state index in [1.165, 1.54) is 11.1 Å². The normalized spacial score (nSPS) is 11.1. The van der Waals surface area contributed by atoms with Crippen molar-refractivity contribution in [3.63, 3.8) is 0 Å². The van der Waals surface area contributed by atoms with Gasteiger partial charge in [-0.1, -0.05) is 24.3 Å². The molecule has 0 aliphatic carbocycles. The number of nitrogens with zero attached hydrogens (tertiary/aromatic N) is 2. The van der Waals surface area contributed by atoms with Gasteiger partial charge in [-0.15, -0.1) is 0 Å². The van der Waals surface area contributed by atoms with Crippen LogP contribution in [-0.4, -0.2) is 23.0 Å². The second-order valence-corrected chi connectivity index (χ2v) is 6.44. The Hall–Kier alpha value is -1.39. The van der Waals surface area contributed by atoms with Gasteiger partial charge in [-0.25, -0.2) is 0 Å². The minimum absolute atomic E-state index is 0.542. The minimum atomic E-state index is 0.542. The van der Waals surface area contributed by atoms with E-state index in [0.717, 1.165) is 23.2 Å². The molecule has 1 N–H and O–H groups in total. The molecule has 1 heterocycles. The monoisotopic (exact) mass is 347 g/mol. The Morgan fingerprint density at radius 1 is 1.19 bits per heavy atom. The topological polar surface area (TPSA) is 28.2 Å². The Bertz CT molecular complexity index is 584. The molecule has 4 heteroatoms. The molecule has 0 amide bonds. The quantitative estimate of drug-likeness (QED) is 0.844. The van der Waals surface area contributed by atoms with Gasteiger partial charge in [-0.05, 0) is 54.0 Å². The van der Waals surface area contributed by atoms with Gasteiger partial charge in [0.25, 0.3) is 0 Å². The fourth-order valence-corrected chi connectivity index (χ4v) is 2.41. The first-order valence-electron chi connectivity index (χ1n) is 7.17. The van der Waals surface area contributed by atoms with Gasteiger partial charge < -0.3 is 5.32 Å². The van der Waals surface area contributed by atoms with Crippen LogP contribution in [0.4, 0.5) is 5.69 Å². The highest BCUT2D eigenvalue weighted by Gasteiger charge is 2.08. The SMILES string of the molecule is CC(C)N(C)Cc1ccccc1CNc1cncc(Br)c1. The molecule has 0 fully saturated rings. The van der Waals surface area contributed by atoms with Gasteiger partial charge in [-0.3, -0.25) is 9.88 Å². The van der Waals surface area contributed by atoms with Crippen molar-refractivity contribution in [1.29, 1.82) is 0 Å². The zero-order valence-electron chi connectivity index (χ0n) is 12.8. The van der Waals surface area contributed by atoms with Crippen LogP contribution < -0.4 is 5.32 Å². The first-order chi connectivity index (χ1) is 10.1. The summed E-state index contributed by atoms with van der Waals surface area (Å²) in [7, 11) is 2.16. The summed E-state index contributed by atoms with van der Waals surface area (Å²) >= 11 is 3.44. The fraction of sp³-hybridized carbons (Fsp3) is 0.353. The fourth-order valence-electron chi connectivity index (χ4n) is 2.04. The van der Waals surface area contributed by atoms with Crippen LogP contribution in [0, 0.1) is 0 Å². The van der Waals surface area contributed by atoms with E-state index in [1.807, 2.05) is 12.3 Å². The molecular formula is C17H22BrN3. The zero-order valence-corrected chi connectivity index (χ0v) is 14.4. The summed E-state index contributed by atoms with van der Waals surface area (Å²) in [5.41, 5.74) is 3.71. The summed E-state index contributed by atoms with van der Waals surface area (Å²) in [6, 6.07) is 11.2. The molecular weight excluding hydrogens is 326 g/mol. The highest BCUT2D eigenvalue weighted by molar-refractivity contribution is 9.10. The summed E-state index contributed by atoms with van der Waals surface area (Å²) < 4.78 is 0.986. The maximum Gasteiger partial charge on any atom is 0.0540 e. The Kier molecular flexibility index (Phi) is 5.76. The molecule has 1 aromatic carbocycles. The molecule has 21 heavy (non-hydrogen) atoms. The number of rotatable bonds is 6. The highest BCUT2D eigenvalue weighted by atomic mass is 79.9. The summed E-state index contributed by atoms with van der Waals surface area (Å²) in [6.45, 7) is 6.20. The van der Waals surface area contributed by atoms with Crippen molar-refractivity contribution in [3.8, 4) is 0 Å². The van der Waals surface area contributed by atoms with E-state index < -0.39 is 0 Å². The van der Waals surface area contributed by atoms with E-state index in [0.29, 0.717) is 6.04 Å². The van der Waals surface area contributed by atoms with Crippen LogP contribution in [0.3, 0.4) is 0 Å². The lowest BCUT2D eigenvalue weighted by atomic mass is 10.1. The van der Waals surface area contributed by atoms with Crippen LogP contribution in [0.2, 0.25) is 0 Å². The Labute approximate surface area is 135 Å². The molecule has 0 aliphatic heterocycles. The van der Waals surface area contributed by atoms with Gasteiger partial charge in [-0.2, -0.15) is 0 Å². The number of pyridine rings is 1. The molecule has 1 aromatic heterocycles. The Balaban J connectivity index is 2.06. The summed E-state index contributed by atoms with van der Waals surface area (Å²) in [5.74, 6) is 0. The second-order valence-electron chi connectivity index (χ2n) is 5.52. The number of anilines is 1. The van der Waals surface area contributed by atoms with Crippen molar-refractivity contribution < 1.29 is 0 Å². The first kappa shape index (κ1) is 16.0. The van der Waals surface area contributed by atoms with Crippen molar-refractivity contribution in [2.45, 2.75) is 33.0 Å². The number of halogens is 1. The van der Waals surface area contributed by atoms with Crippen molar-refractivity contribution in [1.82, 2.24) is 9.88 Å². The molecule has 112 valence electrons. The average molecular weight is 348 g/mol. The maximum absolute atomic E-state index is 4.17. The van der Waals surface area contributed by atoms with Crippen LogP contribution in [-0.2, 0) is 13.1 Å². The lowest BCUT2D eigenvalue weighted by Crippen LogP contribution is -2.26. The van der Waals surface area contributed by atoms with Crippen LogP contribution >= 0.6 is 15.9 Å². The molecule has 0 radical (unpaired) electrons. The van der Waals surface area contributed by atoms with Crippen molar-refractivity contribution >= 4 is 21.6 Å². The highest BCUT2D eigenvalue weighted by Crippen LogP contribution is 2.17. The van der Waals surface area contributed by atoms with Gasteiger partial charge in [0.1, 0.15) is 0 Å². The Morgan fingerprint density at radius 3 is 2.57 bits per heavy atom. The van der Waals surface area contributed by atoms with E-state index in [4.69, 9.17) is 0 Å². The summed E-state index contributed by atoms with van der Waals surface area (Å²) in [4.78, 5) is 6.52. The third-order valence-corrected chi connectivity index (χ3v) is 4.04. The van der Waals surface area contributed by atoms with E-state index in [1.54, 1.807) is 6.20 Å². The average Bonchev–Trinajstić information content (AvgIpc) is 2.46. The zero-order chi connectivity index (χ0) is 15.2. The lowest BCUT2D eigenvalue weighted by Gasteiger charge is -2.22. The van der Waals surface area contributed by atoms with Crippen molar-refractivity contribution in [3.05, 3.63) is 58.3 Å². The third-order valence-electron chi connectivity index (χ3n) is 3.61. The standard InChI is InChI=1S/C17H22BrN3/c1-13(2)21(3)12-15-7-5-4-6-14(15)9-20-17-8-16(18)10-19-11-17/h4-8,10-11,13,20H,9,12H2,1-3H3. The molecule has 3 nitrogen and oxygen atoms in total. The molecule has 0 saturated carbocycles. The van der Waals surface area contributed by atoms with Gasteiger partial charge in [0.2, 0.25) is 0 Å². The van der Waals surface area contributed by atoms with Crippen LogP contribution in [0.1, 0.15) is 25.0 Å². The van der Waals surface area contributed by atoms with Crippen LogP contribution in [0.25, 0.3) is 0 Å². The van der Waals surface area contributed by atoms with Gasteiger partial charge in [0, 0.05) is 29.8 Å². The van der Waals surface area contributed by atoms with E-state index in [-0.39, 0.29) is 0 Å². The maximum atomic E-state index is 4.17. The van der Waals surface area contributed by atoms with Crippen molar-refractivity contribution in [2.75, 3.05) is 12.4 Å². The molecule has 0 bridgehead atoms. The van der Waals surface area contributed by atoms with Crippen LogP contribution in [0.15, 0.2) is 47.2 Å². The largest absolute Gasteiger partial charge is 0.380 e. The summed E-state index contributed by atoms with van der Waals surface area (Å²) in [6.07, 6.45) is 3.63. The Morgan fingerprint density at radius 2 is 1.90 bits per heavy atom. The van der Waals surface area contributed by atoms with E-state index >= 15 is 0 Å². The molecule has 0 aliphatic rings. The first-order valence-corrected chi connectivity index (χ1v) is 7.97. The molecule has 2 aromatic rings. The van der Waals surface area contributed by atoms with Gasteiger partial charge >= 0.3 is 0 Å². The van der Waals surface area contributed by atoms with Crippen LogP contribution in [0.5, 0.6) is 0 Å². The number of hydrogen-bond acceptors (Lipinski definition) is 3. The molecule has 0 spiro atoms. The van der Waals surface area contributed by atoms with Gasteiger partial charge in [0.05, 0.1) is 11.9 Å². The second kappa shape index (κ2) is 7.57. The molecule has 0 unspecified atom stereocenters. The minimum Gasteiger partial charge on any atom is -0.380 e. The number of aromatic nitrogens is 1. The van der Waals surface area contributed by atoms with Gasteiger partial charge in [0.15, 0.2) is 0 Å². The van der Waals surface area contributed by atoms with Crippen molar-refractivity contribution in [2.24, 2.45) is 0 Å². The predicted octanol–water partition coefficient (Wildman–Crippen LogP) is 4.30. The third kappa shape index (κ3) is 4.83. The van der Waals surface area contributed by atoms with E-state index in [2.05, 4.69) is 76.3 Å². The summed E-state index contributed by atoms with van der Waals surface area (Å²) in [5, 5.41) is 3.43. The van der Waals surface area contributed by atoms with E-state index in [9.17, 15) is 0 Å². The molecule has 0 saturated heterocycles. The molecule has 0 atom stereocenters. The molecule has 2 rings (SSSR count). The lowest BCUT2D eigenvalue weighted by molar-refractivity contribution is 0.265. The number of benzene rings is 1. The number of hydrogen-bond donors (Lipinski definition) is 1. The smallest absolute Gasteiger partial charge is 0.0540 e. The predicted molar refractivity (Wildman–Crippen MR) is 92.3 cm³/mol.